The molecular formula is C27H26N6O4. The second kappa shape index (κ2) is 10.9. The minimum Gasteiger partial charge on any atom is -0.494 e. The standard InChI is InChI=1S/C27H26N6O4/c1-3-36-26(34)21-16-28-33(18-21)27-30-23-17-29-32(24(23)25(31-27)35-2)14-7-15-37-22-12-10-20(11-13-22)19-8-5-4-6-9-19/h4-6,8-13,16-18H,3,7,14-15H2,1-2H3. The highest BCUT2D eigenvalue weighted by atomic mass is 16.5. The molecule has 0 amide bonds. The summed E-state index contributed by atoms with van der Waals surface area (Å²) >= 11 is 0. The molecule has 0 aliphatic heterocycles. The molecule has 0 atom stereocenters. The van der Waals surface area contributed by atoms with Crippen LogP contribution >= 0.6 is 0 Å². The number of carbonyl (C=O) groups is 1. The Morgan fingerprint density at radius 3 is 2.49 bits per heavy atom. The molecule has 0 unspecified atom stereocenters. The van der Waals surface area contributed by atoms with Crippen molar-refractivity contribution < 1.29 is 19.0 Å². The first-order chi connectivity index (χ1) is 18.2. The van der Waals surface area contributed by atoms with Gasteiger partial charge in [-0.05, 0) is 30.2 Å². The fourth-order valence-corrected chi connectivity index (χ4v) is 3.90. The first-order valence-electron chi connectivity index (χ1n) is 11.9. The SMILES string of the molecule is CCOC(=O)c1cnn(-c2nc(OC)c3c(cnn3CCCOc3ccc(-c4ccccc4)cc3)n2)c1. The molecule has 0 radical (unpaired) electrons. The Kier molecular flexibility index (Phi) is 7.07. The fraction of sp³-hybridized carbons (Fsp3) is 0.222. The van der Waals surface area contributed by atoms with Crippen molar-refractivity contribution in [3.8, 4) is 28.7 Å². The van der Waals surface area contributed by atoms with Crippen LogP contribution in [0.5, 0.6) is 11.6 Å². The Hall–Kier alpha value is -4.73. The number of aromatic nitrogens is 6. The normalized spacial score (nSPS) is 11.0. The molecule has 3 aromatic heterocycles. The van der Waals surface area contributed by atoms with Crippen molar-refractivity contribution in [2.45, 2.75) is 19.9 Å². The summed E-state index contributed by atoms with van der Waals surface area (Å²) in [5, 5.41) is 8.64. The third-order valence-corrected chi connectivity index (χ3v) is 5.68. The van der Waals surface area contributed by atoms with Gasteiger partial charge in [0, 0.05) is 19.2 Å². The van der Waals surface area contributed by atoms with Gasteiger partial charge in [0.2, 0.25) is 5.88 Å². The van der Waals surface area contributed by atoms with Crippen molar-refractivity contribution in [2.24, 2.45) is 0 Å². The number of hydrogen-bond donors (Lipinski definition) is 0. The molecule has 0 N–H and O–H groups in total. The van der Waals surface area contributed by atoms with Gasteiger partial charge in [-0.25, -0.2) is 14.5 Å². The van der Waals surface area contributed by atoms with E-state index < -0.39 is 5.97 Å². The largest absolute Gasteiger partial charge is 0.494 e. The summed E-state index contributed by atoms with van der Waals surface area (Å²) in [6, 6.07) is 18.3. The predicted molar refractivity (Wildman–Crippen MR) is 137 cm³/mol. The fourth-order valence-electron chi connectivity index (χ4n) is 3.90. The smallest absolute Gasteiger partial charge is 0.341 e. The van der Waals surface area contributed by atoms with Gasteiger partial charge in [-0.2, -0.15) is 15.2 Å². The van der Waals surface area contributed by atoms with Crippen molar-refractivity contribution in [2.75, 3.05) is 20.3 Å². The summed E-state index contributed by atoms with van der Waals surface area (Å²) in [5.74, 6) is 0.991. The molecule has 188 valence electrons. The van der Waals surface area contributed by atoms with E-state index in [1.165, 1.54) is 29.7 Å². The van der Waals surface area contributed by atoms with Gasteiger partial charge in [-0.1, -0.05) is 42.5 Å². The number of hydrogen-bond acceptors (Lipinski definition) is 8. The summed E-state index contributed by atoms with van der Waals surface area (Å²) in [6.45, 7) is 3.15. The van der Waals surface area contributed by atoms with E-state index in [0.29, 0.717) is 35.6 Å². The van der Waals surface area contributed by atoms with Crippen LogP contribution in [0.2, 0.25) is 0 Å². The third kappa shape index (κ3) is 5.27. The lowest BCUT2D eigenvalue weighted by Gasteiger charge is -2.10. The molecule has 0 spiro atoms. The van der Waals surface area contributed by atoms with Crippen molar-refractivity contribution >= 4 is 17.0 Å². The molecule has 0 saturated carbocycles. The van der Waals surface area contributed by atoms with Crippen LogP contribution in [0.1, 0.15) is 23.7 Å². The molecule has 0 bridgehead atoms. The Bertz CT molecular complexity index is 1490. The Morgan fingerprint density at radius 1 is 0.946 bits per heavy atom. The molecular weight excluding hydrogens is 472 g/mol. The maximum Gasteiger partial charge on any atom is 0.341 e. The molecule has 10 heteroatoms. The van der Waals surface area contributed by atoms with E-state index >= 15 is 0 Å². The number of rotatable bonds is 10. The molecule has 0 saturated heterocycles. The van der Waals surface area contributed by atoms with Gasteiger partial charge in [0.05, 0.1) is 38.3 Å². The first kappa shape index (κ1) is 24.0. The van der Waals surface area contributed by atoms with Gasteiger partial charge in [-0.15, -0.1) is 0 Å². The van der Waals surface area contributed by atoms with E-state index in [4.69, 9.17) is 14.2 Å². The minimum absolute atomic E-state index is 0.265. The Morgan fingerprint density at radius 2 is 1.73 bits per heavy atom. The lowest BCUT2D eigenvalue weighted by molar-refractivity contribution is 0.0526. The van der Waals surface area contributed by atoms with E-state index in [1.807, 2.05) is 30.3 Å². The van der Waals surface area contributed by atoms with Gasteiger partial charge in [0.15, 0.2) is 0 Å². The highest BCUT2D eigenvalue weighted by Gasteiger charge is 2.17. The third-order valence-electron chi connectivity index (χ3n) is 5.68. The summed E-state index contributed by atoms with van der Waals surface area (Å²) in [4.78, 5) is 21.0. The molecule has 0 aliphatic carbocycles. The van der Waals surface area contributed by atoms with Crippen LogP contribution in [0.4, 0.5) is 0 Å². The number of carbonyl (C=O) groups excluding carboxylic acids is 1. The summed E-state index contributed by atoms with van der Waals surface area (Å²) in [6.07, 6.45) is 5.32. The number of benzene rings is 2. The van der Waals surface area contributed by atoms with E-state index in [2.05, 4.69) is 44.4 Å². The van der Waals surface area contributed by atoms with Crippen molar-refractivity contribution in [3.05, 3.63) is 78.8 Å². The van der Waals surface area contributed by atoms with Gasteiger partial charge < -0.3 is 14.2 Å². The molecule has 2 aromatic carbocycles. The van der Waals surface area contributed by atoms with Gasteiger partial charge in [0.1, 0.15) is 16.8 Å². The van der Waals surface area contributed by atoms with Crippen LogP contribution in [0.25, 0.3) is 28.1 Å². The van der Waals surface area contributed by atoms with Gasteiger partial charge >= 0.3 is 5.97 Å². The second-order valence-corrected chi connectivity index (χ2v) is 8.12. The first-order valence-corrected chi connectivity index (χ1v) is 11.9. The second-order valence-electron chi connectivity index (χ2n) is 8.12. The van der Waals surface area contributed by atoms with Crippen LogP contribution in [0.3, 0.4) is 0 Å². The van der Waals surface area contributed by atoms with E-state index in [-0.39, 0.29) is 12.6 Å². The lowest BCUT2D eigenvalue weighted by Crippen LogP contribution is -2.08. The maximum absolute atomic E-state index is 12.0. The van der Waals surface area contributed by atoms with Gasteiger partial charge in [0.25, 0.3) is 5.95 Å². The maximum atomic E-state index is 12.0. The monoisotopic (exact) mass is 498 g/mol. The molecule has 37 heavy (non-hydrogen) atoms. The zero-order chi connectivity index (χ0) is 25.6. The van der Waals surface area contributed by atoms with Crippen LogP contribution in [0.15, 0.2) is 73.2 Å². The van der Waals surface area contributed by atoms with E-state index in [0.717, 1.165) is 17.7 Å². The summed E-state index contributed by atoms with van der Waals surface area (Å²) < 4.78 is 19.7. The number of methoxy groups -OCH3 is 1. The molecule has 5 aromatic rings. The van der Waals surface area contributed by atoms with Crippen LogP contribution < -0.4 is 9.47 Å². The Balaban J connectivity index is 1.24. The van der Waals surface area contributed by atoms with Crippen molar-refractivity contribution in [3.63, 3.8) is 0 Å². The van der Waals surface area contributed by atoms with Crippen molar-refractivity contribution in [1.82, 2.24) is 29.5 Å². The lowest BCUT2D eigenvalue weighted by atomic mass is 10.1. The number of esters is 1. The van der Waals surface area contributed by atoms with E-state index in [9.17, 15) is 4.79 Å². The molecule has 0 aliphatic rings. The molecule has 3 heterocycles. The summed E-state index contributed by atoms with van der Waals surface area (Å²) in [5.41, 5.74) is 3.92. The average Bonchev–Trinajstić information content (AvgIpc) is 3.60. The van der Waals surface area contributed by atoms with Crippen molar-refractivity contribution in [1.29, 1.82) is 0 Å². The predicted octanol–water partition coefficient (Wildman–Crippen LogP) is 4.33. The highest BCUT2D eigenvalue weighted by Crippen LogP contribution is 2.24. The molecule has 10 nitrogen and oxygen atoms in total. The Labute approximate surface area is 213 Å². The molecule has 5 rings (SSSR count). The number of nitrogens with zero attached hydrogens (tertiary/aromatic N) is 6. The van der Waals surface area contributed by atoms with Gasteiger partial charge in [-0.3, -0.25) is 4.68 Å². The van der Waals surface area contributed by atoms with Crippen LogP contribution in [-0.4, -0.2) is 55.8 Å². The summed E-state index contributed by atoms with van der Waals surface area (Å²) in [7, 11) is 1.54. The average molecular weight is 499 g/mol. The quantitative estimate of drug-likeness (QED) is 0.207. The minimum atomic E-state index is -0.455. The number of fused-ring (bicyclic) bond motifs is 1. The number of ether oxygens (including phenoxy) is 3. The molecule has 0 fully saturated rings. The van der Waals surface area contributed by atoms with Crippen LogP contribution in [-0.2, 0) is 11.3 Å². The zero-order valence-electron chi connectivity index (χ0n) is 20.6. The van der Waals surface area contributed by atoms with Crippen LogP contribution in [0, 0.1) is 0 Å². The topological polar surface area (TPSA) is 106 Å². The zero-order valence-corrected chi connectivity index (χ0v) is 20.6. The highest BCUT2D eigenvalue weighted by molar-refractivity contribution is 5.88. The van der Waals surface area contributed by atoms with E-state index in [1.54, 1.807) is 17.8 Å². The number of aryl methyl sites for hydroxylation is 1.